The summed E-state index contributed by atoms with van der Waals surface area (Å²) >= 11 is 5.76. The maximum absolute atomic E-state index is 5.76. The third-order valence-electron chi connectivity index (χ3n) is 2.01. The van der Waals surface area contributed by atoms with Crippen molar-refractivity contribution in [2.75, 3.05) is 5.88 Å². The molecule has 0 amide bonds. The maximum Gasteiger partial charge on any atom is 0.0553 e. The highest BCUT2D eigenvalue weighted by Gasteiger charge is 2.23. The van der Waals surface area contributed by atoms with Gasteiger partial charge in [-0.25, -0.2) is 0 Å². The van der Waals surface area contributed by atoms with Gasteiger partial charge < -0.3 is 4.74 Å². The first-order valence-corrected chi connectivity index (χ1v) is 4.47. The Morgan fingerprint density at radius 1 is 1.30 bits per heavy atom. The molecule has 2 unspecified atom stereocenters. The molecule has 1 nitrogen and oxygen atoms in total. The van der Waals surface area contributed by atoms with E-state index in [1.807, 2.05) is 0 Å². The standard InChI is InChI=1S/C8H15ClO/c1-6-3-8(5-9)4-7(2)10-6/h6-8H,3-5H2,1-2H3. The molecular weight excluding hydrogens is 148 g/mol. The van der Waals surface area contributed by atoms with Crippen LogP contribution in [0, 0.1) is 5.92 Å². The van der Waals surface area contributed by atoms with E-state index in [9.17, 15) is 0 Å². The zero-order valence-electron chi connectivity index (χ0n) is 6.64. The van der Waals surface area contributed by atoms with Crippen molar-refractivity contribution in [3.63, 3.8) is 0 Å². The Balaban J connectivity index is 2.35. The van der Waals surface area contributed by atoms with Gasteiger partial charge in [0.15, 0.2) is 0 Å². The summed E-state index contributed by atoms with van der Waals surface area (Å²) in [5.41, 5.74) is 0. The van der Waals surface area contributed by atoms with E-state index < -0.39 is 0 Å². The van der Waals surface area contributed by atoms with E-state index in [0.717, 1.165) is 18.7 Å². The molecule has 2 heteroatoms. The first-order valence-electron chi connectivity index (χ1n) is 3.93. The summed E-state index contributed by atoms with van der Waals surface area (Å²) in [5.74, 6) is 1.47. The van der Waals surface area contributed by atoms with Crippen LogP contribution in [0.25, 0.3) is 0 Å². The van der Waals surface area contributed by atoms with Crippen molar-refractivity contribution in [2.24, 2.45) is 5.92 Å². The number of alkyl halides is 1. The number of ether oxygens (including phenoxy) is 1. The molecular formula is C8H15ClO. The second kappa shape index (κ2) is 3.59. The monoisotopic (exact) mass is 162 g/mol. The second-order valence-corrected chi connectivity index (χ2v) is 3.56. The van der Waals surface area contributed by atoms with E-state index in [1.54, 1.807) is 0 Å². The predicted molar refractivity (Wildman–Crippen MR) is 43.5 cm³/mol. The van der Waals surface area contributed by atoms with Crippen LogP contribution in [0.5, 0.6) is 0 Å². The first kappa shape index (κ1) is 8.35. The van der Waals surface area contributed by atoms with Crippen LogP contribution in [0.1, 0.15) is 26.7 Å². The first-order chi connectivity index (χ1) is 4.72. The van der Waals surface area contributed by atoms with Crippen LogP contribution in [0.15, 0.2) is 0 Å². The molecule has 0 radical (unpaired) electrons. The lowest BCUT2D eigenvalue weighted by molar-refractivity contribution is -0.0478. The van der Waals surface area contributed by atoms with Crippen LogP contribution in [0.3, 0.4) is 0 Å². The number of rotatable bonds is 1. The molecule has 1 rings (SSSR count). The van der Waals surface area contributed by atoms with E-state index in [4.69, 9.17) is 16.3 Å². The van der Waals surface area contributed by atoms with Gasteiger partial charge in [-0.2, -0.15) is 0 Å². The average molecular weight is 163 g/mol. The van der Waals surface area contributed by atoms with E-state index in [2.05, 4.69) is 13.8 Å². The highest BCUT2D eigenvalue weighted by atomic mass is 35.5. The predicted octanol–water partition coefficient (Wildman–Crippen LogP) is 2.43. The lowest BCUT2D eigenvalue weighted by Gasteiger charge is -2.30. The third kappa shape index (κ3) is 2.14. The molecule has 1 saturated heterocycles. The van der Waals surface area contributed by atoms with E-state index in [0.29, 0.717) is 18.1 Å². The normalized spacial score (nSPS) is 41.7. The Morgan fingerprint density at radius 3 is 2.20 bits per heavy atom. The van der Waals surface area contributed by atoms with Gasteiger partial charge in [-0.3, -0.25) is 0 Å². The summed E-state index contributed by atoms with van der Waals surface area (Å²) < 4.78 is 5.56. The SMILES string of the molecule is CC1CC(CCl)CC(C)O1. The van der Waals surface area contributed by atoms with Crippen molar-refractivity contribution >= 4 is 11.6 Å². The minimum absolute atomic E-state index is 0.410. The molecule has 1 fully saturated rings. The second-order valence-electron chi connectivity index (χ2n) is 3.25. The fourth-order valence-electron chi connectivity index (χ4n) is 1.67. The third-order valence-corrected chi connectivity index (χ3v) is 2.45. The molecule has 2 atom stereocenters. The van der Waals surface area contributed by atoms with E-state index >= 15 is 0 Å². The lowest BCUT2D eigenvalue weighted by Crippen LogP contribution is -2.29. The zero-order valence-corrected chi connectivity index (χ0v) is 7.40. The van der Waals surface area contributed by atoms with Gasteiger partial charge in [0, 0.05) is 5.88 Å². The summed E-state index contributed by atoms with van der Waals surface area (Å²) in [6.07, 6.45) is 3.08. The molecule has 1 aliphatic rings. The summed E-state index contributed by atoms with van der Waals surface area (Å²) in [7, 11) is 0. The van der Waals surface area contributed by atoms with Gasteiger partial charge in [0.05, 0.1) is 12.2 Å². The average Bonchev–Trinajstić information content (AvgIpc) is 1.85. The topological polar surface area (TPSA) is 9.23 Å². The molecule has 0 aromatic heterocycles. The van der Waals surface area contributed by atoms with Gasteiger partial charge in [-0.15, -0.1) is 11.6 Å². The molecule has 0 aromatic rings. The van der Waals surface area contributed by atoms with Gasteiger partial charge in [-0.1, -0.05) is 0 Å². The fourth-order valence-corrected chi connectivity index (χ4v) is 1.92. The zero-order chi connectivity index (χ0) is 7.56. The van der Waals surface area contributed by atoms with Gasteiger partial charge >= 0.3 is 0 Å². The molecule has 0 N–H and O–H groups in total. The number of hydrogen-bond donors (Lipinski definition) is 0. The summed E-state index contributed by atoms with van der Waals surface area (Å²) in [4.78, 5) is 0. The van der Waals surface area contributed by atoms with Crippen LogP contribution < -0.4 is 0 Å². The molecule has 0 bridgehead atoms. The van der Waals surface area contributed by atoms with Crippen molar-refractivity contribution in [2.45, 2.75) is 38.9 Å². The van der Waals surface area contributed by atoms with Crippen LogP contribution in [-0.2, 0) is 4.74 Å². The van der Waals surface area contributed by atoms with Crippen molar-refractivity contribution in [1.29, 1.82) is 0 Å². The molecule has 1 aliphatic heterocycles. The smallest absolute Gasteiger partial charge is 0.0553 e. The summed E-state index contributed by atoms with van der Waals surface area (Å²) in [5, 5.41) is 0. The Kier molecular flexibility index (Phi) is 2.99. The van der Waals surface area contributed by atoms with Crippen LogP contribution in [0.4, 0.5) is 0 Å². The molecule has 0 aromatic carbocycles. The molecule has 60 valence electrons. The minimum Gasteiger partial charge on any atom is -0.376 e. The van der Waals surface area contributed by atoms with Gasteiger partial charge in [0.25, 0.3) is 0 Å². The Hall–Kier alpha value is 0.250. The van der Waals surface area contributed by atoms with Crippen molar-refractivity contribution in [1.82, 2.24) is 0 Å². The molecule has 0 aliphatic carbocycles. The van der Waals surface area contributed by atoms with Crippen molar-refractivity contribution in [3.8, 4) is 0 Å². The van der Waals surface area contributed by atoms with Gasteiger partial charge in [-0.05, 0) is 32.6 Å². The molecule has 1 heterocycles. The summed E-state index contributed by atoms with van der Waals surface area (Å²) in [6.45, 7) is 4.24. The van der Waals surface area contributed by atoms with Crippen LogP contribution in [0.2, 0.25) is 0 Å². The van der Waals surface area contributed by atoms with Crippen LogP contribution >= 0.6 is 11.6 Å². The molecule has 0 saturated carbocycles. The highest BCUT2D eigenvalue weighted by molar-refractivity contribution is 6.18. The maximum atomic E-state index is 5.76. The Bertz CT molecular complexity index is 95.4. The van der Waals surface area contributed by atoms with Gasteiger partial charge in [0.1, 0.15) is 0 Å². The van der Waals surface area contributed by atoms with Crippen molar-refractivity contribution < 1.29 is 4.74 Å². The summed E-state index contributed by atoms with van der Waals surface area (Å²) in [6, 6.07) is 0. The van der Waals surface area contributed by atoms with Gasteiger partial charge in [0.2, 0.25) is 0 Å². The van der Waals surface area contributed by atoms with Crippen molar-refractivity contribution in [3.05, 3.63) is 0 Å². The highest BCUT2D eigenvalue weighted by Crippen LogP contribution is 2.25. The number of halogens is 1. The quantitative estimate of drug-likeness (QED) is 0.539. The Morgan fingerprint density at radius 2 is 1.80 bits per heavy atom. The number of hydrogen-bond acceptors (Lipinski definition) is 1. The van der Waals surface area contributed by atoms with E-state index in [-0.39, 0.29) is 0 Å². The lowest BCUT2D eigenvalue weighted by atomic mass is 9.94. The molecule has 0 spiro atoms. The molecule has 10 heavy (non-hydrogen) atoms. The minimum atomic E-state index is 0.410. The van der Waals surface area contributed by atoms with Crippen LogP contribution in [-0.4, -0.2) is 18.1 Å². The van der Waals surface area contributed by atoms with E-state index in [1.165, 1.54) is 0 Å². The Labute approximate surface area is 67.7 Å². The fraction of sp³-hybridized carbons (Fsp3) is 1.00. The largest absolute Gasteiger partial charge is 0.376 e.